The smallest absolute Gasteiger partial charge is 0.272 e. The molecule has 0 spiro atoms. The number of hydrogen-bond donors (Lipinski definition) is 1. The predicted octanol–water partition coefficient (Wildman–Crippen LogP) is 5.54. The first-order valence-corrected chi connectivity index (χ1v) is 13.8. The third kappa shape index (κ3) is 5.31. The normalized spacial score (nSPS) is 16.7. The molecule has 7 nitrogen and oxygen atoms in total. The molecule has 1 saturated carbocycles. The average Bonchev–Trinajstić information content (AvgIpc) is 3.34. The van der Waals surface area contributed by atoms with Gasteiger partial charge < -0.3 is 24.4 Å². The maximum atomic E-state index is 13.2. The monoisotopic (exact) mass is 502 g/mol. The van der Waals surface area contributed by atoms with Crippen molar-refractivity contribution in [2.45, 2.75) is 52.5 Å². The Morgan fingerprint density at radius 1 is 0.946 bits per heavy atom. The molecule has 0 unspecified atom stereocenters. The van der Waals surface area contributed by atoms with Crippen molar-refractivity contribution < 1.29 is 14.3 Å². The number of hydrogen-bond acceptors (Lipinski definition) is 4. The van der Waals surface area contributed by atoms with Gasteiger partial charge in [-0.05, 0) is 69.2 Å². The minimum absolute atomic E-state index is 0.136. The molecule has 2 amide bonds. The van der Waals surface area contributed by atoms with Crippen molar-refractivity contribution in [2.24, 2.45) is 5.92 Å². The first-order valence-electron chi connectivity index (χ1n) is 13.8. The molecule has 5 rings (SSSR count). The van der Waals surface area contributed by atoms with E-state index in [4.69, 9.17) is 4.74 Å². The summed E-state index contributed by atoms with van der Waals surface area (Å²) in [6.45, 7) is 8.50. The van der Waals surface area contributed by atoms with Gasteiger partial charge in [-0.3, -0.25) is 9.59 Å². The fourth-order valence-electron chi connectivity index (χ4n) is 5.81. The van der Waals surface area contributed by atoms with Crippen LogP contribution in [0.25, 0.3) is 10.9 Å². The second-order valence-corrected chi connectivity index (χ2v) is 10.0. The third-order valence-corrected chi connectivity index (χ3v) is 7.79. The van der Waals surface area contributed by atoms with Crippen molar-refractivity contribution in [3.8, 4) is 5.75 Å². The van der Waals surface area contributed by atoms with Crippen LogP contribution in [-0.2, 0) is 11.3 Å². The lowest BCUT2D eigenvalue weighted by Gasteiger charge is -2.38. The maximum Gasteiger partial charge on any atom is 0.272 e. The Balaban J connectivity index is 1.22. The van der Waals surface area contributed by atoms with Gasteiger partial charge >= 0.3 is 0 Å². The van der Waals surface area contributed by atoms with Crippen LogP contribution in [0.5, 0.6) is 5.75 Å². The highest BCUT2D eigenvalue weighted by atomic mass is 16.5. The molecule has 1 aromatic heterocycles. The van der Waals surface area contributed by atoms with E-state index >= 15 is 0 Å². The molecule has 1 aliphatic heterocycles. The highest BCUT2D eigenvalue weighted by Gasteiger charge is 2.28. The molecule has 2 heterocycles. The number of rotatable bonds is 7. The van der Waals surface area contributed by atoms with Crippen molar-refractivity contribution in [1.29, 1.82) is 0 Å². The summed E-state index contributed by atoms with van der Waals surface area (Å²) in [5.41, 5.74) is 3.49. The summed E-state index contributed by atoms with van der Waals surface area (Å²) < 4.78 is 7.80. The van der Waals surface area contributed by atoms with E-state index in [-0.39, 0.29) is 11.8 Å². The van der Waals surface area contributed by atoms with E-state index in [0.717, 1.165) is 67.0 Å². The van der Waals surface area contributed by atoms with Crippen LogP contribution in [0.2, 0.25) is 0 Å². The van der Waals surface area contributed by atoms with Gasteiger partial charge in [0.25, 0.3) is 5.91 Å². The minimum atomic E-state index is -0.136. The van der Waals surface area contributed by atoms with Gasteiger partial charge in [0.05, 0.1) is 12.1 Å². The second kappa shape index (κ2) is 11.3. The fourth-order valence-corrected chi connectivity index (χ4v) is 5.81. The summed E-state index contributed by atoms with van der Waals surface area (Å²) in [5, 5.41) is 4.01. The van der Waals surface area contributed by atoms with Gasteiger partial charge in [0.1, 0.15) is 11.4 Å². The number of nitrogens with one attached hydrogen (secondary N) is 1. The lowest BCUT2D eigenvalue weighted by atomic mass is 9.88. The molecular formula is C30H38N4O3. The summed E-state index contributed by atoms with van der Waals surface area (Å²) in [6.07, 6.45) is 5.76. The van der Waals surface area contributed by atoms with Crippen LogP contribution in [0, 0.1) is 5.92 Å². The Labute approximate surface area is 219 Å². The Morgan fingerprint density at radius 2 is 1.68 bits per heavy atom. The number of fused-ring (bicyclic) bond motifs is 1. The molecular weight excluding hydrogens is 464 g/mol. The average molecular weight is 503 g/mol. The Hall–Kier alpha value is -3.48. The van der Waals surface area contributed by atoms with Gasteiger partial charge in [0.2, 0.25) is 5.91 Å². The van der Waals surface area contributed by atoms with Crippen LogP contribution in [0.3, 0.4) is 0 Å². The Bertz CT molecular complexity index is 1240. The van der Waals surface area contributed by atoms with Gasteiger partial charge in [-0.25, -0.2) is 0 Å². The molecule has 1 aliphatic carbocycles. The van der Waals surface area contributed by atoms with Crippen LogP contribution < -0.4 is 15.0 Å². The van der Waals surface area contributed by atoms with Crippen molar-refractivity contribution in [3.05, 3.63) is 54.2 Å². The van der Waals surface area contributed by atoms with Crippen LogP contribution in [0.4, 0.5) is 11.4 Å². The van der Waals surface area contributed by atoms with E-state index in [0.29, 0.717) is 24.8 Å². The van der Waals surface area contributed by atoms with Gasteiger partial charge in [-0.2, -0.15) is 0 Å². The standard InChI is InChI=1S/C30H38N4O3/c1-3-34-26-11-8-12-28(37-4-2)25(26)21-27(34)29(35)31-23-13-15-24(16-14-23)32-17-19-33(20-18-32)30(36)22-9-6-5-7-10-22/h8,11-16,21-22H,3-7,9-10,17-20H2,1-2H3,(H,31,35). The van der Waals surface area contributed by atoms with E-state index < -0.39 is 0 Å². The van der Waals surface area contributed by atoms with Crippen LogP contribution in [0.15, 0.2) is 48.5 Å². The van der Waals surface area contributed by atoms with Crippen molar-refractivity contribution in [2.75, 3.05) is 43.0 Å². The molecule has 0 atom stereocenters. The number of carbonyl (C=O) groups is 2. The summed E-state index contributed by atoms with van der Waals surface area (Å²) in [6, 6.07) is 15.9. The molecule has 2 aromatic carbocycles. The molecule has 0 bridgehead atoms. The zero-order valence-electron chi connectivity index (χ0n) is 22.0. The third-order valence-electron chi connectivity index (χ3n) is 7.79. The Kier molecular flexibility index (Phi) is 7.68. The number of amides is 2. The molecule has 3 aromatic rings. The van der Waals surface area contributed by atoms with Crippen molar-refractivity contribution >= 4 is 34.1 Å². The lowest BCUT2D eigenvalue weighted by Crippen LogP contribution is -2.50. The highest BCUT2D eigenvalue weighted by molar-refractivity contribution is 6.07. The first-order chi connectivity index (χ1) is 18.1. The van der Waals surface area contributed by atoms with Gasteiger partial charge in [0, 0.05) is 55.4 Å². The van der Waals surface area contributed by atoms with Crippen LogP contribution >= 0.6 is 0 Å². The van der Waals surface area contributed by atoms with E-state index in [2.05, 4.69) is 27.2 Å². The molecule has 7 heteroatoms. The minimum Gasteiger partial charge on any atom is -0.493 e. The Morgan fingerprint density at radius 3 is 2.35 bits per heavy atom. The van der Waals surface area contributed by atoms with Crippen molar-refractivity contribution in [3.63, 3.8) is 0 Å². The first kappa shape index (κ1) is 25.2. The molecule has 2 aliphatic rings. The molecule has 1 saturated heterocycles. The predicted molar refractivity (Wildman–Crippen MR) is 149 cm³/mol. The molecule has 0 radical (unpaired) electrons. The summed E-state index contributed by atoms with van der Waals surface area (Å²) in [4.78, 5) is 30.5. The topological polar surface area (TPSA) is 66.8 Å². The number of nitrogens with zero attached hydrogens (tertiary/aromatic N) is 3. The number of anilines is 2. The van der Waals surface area contributed by atoms with Gasteiger partial charge in [-0.1, -0.05) is 25.3 Å². The van der Waals surface area contributed by atoms with Crippen LogP contribution in [0.1, 0.15) is 56.4 Å². The number of aryl methyl sites for hydroxylation is 1. The molecule has 1 N–H and O–H groups in total. The number of benzene rings is 2. The zero-order chi connectivity index (χ0) is 25.8. The maximum absolute atomic E-state index is 13.2. The van der Waals surface area contributed by atoms with Crippen molar-refractivity contribution in [1.82, 2.24) is 9.47 Å². The van der Waals surface area contributed by atoms with E-state index in [1.165, 1.54) is 19.3 Å². The zero-order valence-corrected chi connectivity index (χ0v) is 22.0. The van der Waals surface area contributed by atoms with E-state index in [9.17, 15) is 9.59 Å². The fraction of sp³-hybridized carbons (Fsp3) is 0.467. The number of piperazine rings is 1. The van der Waals surface area contributed by atoms with Crippen LogP contribution in [-0.4, -0.2) is 54.1 Å². The largest absolute Gasteiger partial charge is 0.493 e. The quantitative estimate of drug-likeness (QED) is 0.461. The second-order valence-electron chi connectivity index (χ2n) is 10.0. The molecule has 37 heavy (non-hydrogen) atoms. The SMILES string of the molecule is CCOc1cccc2c1cc(C(=O)Nc1ccc(N3CCN(C(=O)C4CCCCC4)CC3)cc1)n2CC. The number of aromatic nitrogens is 1. The number of ether oxygens (including phenoxy) is 1. The van der Waals surface area contributed by atoms with E-state index in [1.54, 1.807) is 0 Å². The van der Waals surface area contributed by atoms with Gasteiger partial charge in [-0.15, -0.1) is 0 Å². The number of carbonyl (C=O) groups excluding carboxylic acids is 2. The molecule has 2 fully saturated rings. The summed E-state index contributed by atoms with van der Waals surface area (Å²) in [7, 11) is 0. The summed E-state index contributed by atoms with van der Waals surface area (Å²) >= 11 is 0. The summed E-state index contributed by atoms with van der Waals surface area (Å²) in [5.74, 6) is 1.25. The lowest BCUT2D eigenvalue weighted by molar-refractivity contribution is -0.136. The van der Waals surface area contributed by atoms with Gasteiger partial charge in [0.15, 0.2) is 0 Å². The molecule has 196 valence electrons. The van der Waals surface area contributed by atoms with E-state index in [1.807, 2.05) is 54.8 Å². The highest BCUT2D eigenvalue weighted by Crippen LogP contribution is 2.30.